The minimum Gasteiger partial charge on any atom is -0.331 e. The maximum absolute atomic E-state index is 12.6. The maximum atomic E-state index is 12.6. The summed E-state index contributed by atoms with van der Waals surface area (Å²) in [6.07, 6.45) is 3.15. The average molecular weight is 462 g/mol. The van der Waals surface area contributed by atoms with Crippen molar-refractivity contribution >= 4 is 35.2 Å². The van der Waals surface area contributed by atoms with E-state index in [1.807, 2.05) is 24.3 Å². The Labute approximate surface area is 192 Å². The molecule has 4 aromatic rings. The van der Waals surface area contributed by atoms with Crippen molar-refractivity contribution in [2.24, 2.45) is 0 Å². The van der Waals surface area contributed by atoms with Crippen molar-refractivity contribution < 1.29 is 9.59 Å². The Balaban J connectivity index is 1.36. The third-order valence-corrected chi connectivity index (χ3v) is 6.18. The number of carbonyl (C=O) groups excluding carboxylic acids is 2. The van der Waals surface area contributed by atoms with E-state index < -0.39 is 0 Å². The fourth-order valence-electron chi connectivity index (χ4n) is 3.54. The summed E-state index contributed by atoms with van der Waals surface area (Å²) in [5.41, 5.74) is 4.02. The standard InChI is InChI=1S/C23H16ClN5O2S/c24-15-7-5-14(6-8-15)19-20(18-9-10-25-13-26-18)28-23(27-19)32-12-11-29-21(30)16-3-1-2-4-17(16)22(29)31/h1-10,13H,11-12H2,(H,27,28). The number of H-pyrrole nitrogens is 1. The van der Waals surface area contributed by atoms with Crippen LogP contribution in [0.25, 0.3) is 22.6 Å². The number of halogens is 1. The first-order valence-corrected chi connectivity index (χ1v) is 11.2. The fourth-order valence-corrected chi connectivity index (χ4v) is 4.46. The van der Waals surface area contributed by atoms with Crippen molar-refractivity contribution in [1.82, 2.24) is 24.8 Å². The molecule has 2 aromatic heterocycles. The van der Waals surface area contributed by atoms with Gasteiger partial charge in [-0.15, -0.1) is 0 Å². The first-order chi connectivity index (χ1) is 15.6. The highest BCUT2D eigenvalue weighted by molar-refractivity contribution is 7.99. The van der Waals surface area contributed by atoms with Gasteiger partial charge in [-0.2, -0.15) is 0 Å². The van der Waals surface area contributed by atoms with Gasteiger partial charge in [0.05, 0.1) is 28.2 Å². The molecular weight excluding hydrogens is 446 g/mol. The molecule has 3 heterocycles. The smallest absolute Gasteiger partial charge is 0.261 e. The molecule has 5 rings (SSSR count). The van der Waals surface area contributed by atoms with Gasteiger partial charge in [0.25, 0.3) is 11.8 Å². The predicted octanol–water partition coefficient (Wildman–Crippen LogP) is 4.58. The second kappa shape index (κ2) is 8.57. The molecule has 7 nitrogen and oxygen atoms in total. The minimum absolute atomic E-state index is 0.255. The zero-order chi connectivity index (χ0) is 22.1. The minimum atomic E-state index is -0.255. The highest BCUT2D eigenvalue weighted by Crippen LogP contribution is 2.32. The van der Waals surface area contributed by atoms with Crippen LogP contribution in [0.4, 0.5) is 0 Å². The molecule has 1 aliphatic rings. The number of amides is 2. The van der Waals surface area contributed by atoms with E-state index in [0.717, 1.165) is 17.0 Å². The first-order valence-electron chi connectivity index (χ1n) is 9.82. The Morgan fingerprint density at radius 1 is 0.969 bits per heavy atom. The summed E-state index contributed by atoms with van der Waals surface area (Å²) in [4.78, 5) is 42.8. The fraction of sp³-hybridized carbons (Fsp3) is 0.0870. The Morgan fingerprint density at radius 2 is 1.69 bits per heavy atom. The molecular formula is C23H16ClN5O2S. The Morgan fingerprint density at radius 3 is 2.34 bits per heavy atom. The number of imide groups is 1. The number of hydrogen-bond acceptors (Lipinski definition) is 6. The van der Waals surface area contributed by atoms with Gasteiger partial charge in [0, 0.05) is 29.1 Å². The van der Waals surface area contributed by atoms with Crippen molar-refractivity contribution in [2.75, 3.05) is 12.3 Å². The Kier molecular flexibility index (Phi) is 5.46. The maximum Gasteiger partial charge on any atom is 0.261 e. The van der Waals surface area contributed by atoms with Crippen LogP contribution in [0.2, 0.25) is 5.02 Å². The molecule has 0 fully saturated rings. The van der Waals surface area contributed by atoms with E-state index in [2.05, 4.69) is 15.0 Å². The number of rotatable bonds is 6. The lowest BCUT2D eigenvalue weighted by Crippen LogP contribution is -2.31. The van der Waals surface area contributed by atoms with Gasteiger partial charge >= 0.3 is 0 Å². The molecule has 32 heavy (non-hydrogen) atoms. The molecule has 2 amide bonds. The van der Waals surface area contributed by atoms with Crippen LogP contribution >= 0.6 is 23.4 Å². The van der Waals surface area contributed by atoms with Gasteiger partial charge in [-0.1, -0.05) is 47.6 Å². The summed E-state index contributed by atoms with van der Waals surface area (Å²) >= 11 is 7.47. The van der Waals surface area contributed by atoms with Crippen molar-refractivity contribution in [3.05, 3.63) is 83.3 Å². The number of aromatic nitrogens is 4. The molecule has 158 valence electrons. The first kappa shape index (κ1) is 20.4. The summed E-state index contributed by atoms with van der Waals surface area (Å²) in [6.45, 7) is 0.289. The van der Waals surface area contributed by atoms with Gasteiger partial charge in [0.2, 0.25) is 0 Å². The molecule has 0 radical (unpaired) electrons. The number of carbonyl (C=O) groups is 2. The van der Waals surface area contributed by atoms with E-state index in [1.54, 1.807) is 36.5 Å². The predicted molar refractivity (Wildman–Crippen MR) is 123 cm³/mol. The molecule has 0 saturated carbocycles. The van der Waals surface area contributed by atoms with Gasteiger partial charge in [0.15, 0.2) is 5.16 Å². The summed E-state index contributed by atoms with van der Waals surface area (Å²) in [5.74, 6) is -0.00856. The van der Waals surface area contributed by atoms with Crippen molar-refractivity contribution in [1.29, 1.82) is 0 Å². The van der Waals surface area contributed by atoms with Gasteiger partial charge in [-0.3, -0.25) is 14.5 Å². The zero-order valence-corrected chi connectivity index (χ0v) is 18.2. The zero-order valence-electron chi connectivity index (χ0n) is 16.7. The number of thioether (sulfide) groups is 1. The van der Waals surface area contributed by atoms with E-state index >= 15 is 0 Å². The molecule has 0 bridgehead atoms. The Hall–Kier alpha value is -3.49. The van der Waals surface area contributed by atoms with Crippen molar-refractivity contribution in [3.8, 4) is 22.6 Å². The molecule has 9 heteroatoms. The van der Waals surface area contributed by atoms with Gasteiger partial charge < -0.3 is 4.98 Å². The highest BCUT2D eigenvalue weighted by Gasteiger charge is 2.34. The average Bonchev–Trinajstić information content (AvgIpc) is 3.35. The van der Waals surface area contributed by atoms with Crippen LogP contribution in [-0.2, 0) is 0 Å². The number of benzene rings is 2. The number of nitrogens with zero attached hydrogens (tertiary/aromatic N) is 4. The molecule has 0 atom stereocenters. The van der Waals surface area contributed by atoms with E-state index in [9.17, 15) is 9.59 Å². The van der Waals surface area contributed by atoms with Crippen LogP contribution in [0.3, 0.4) is 0 Å². The van der Waals surface area contributed by atoms with Crippen LogP contribution in [0, 0.1) is 0 Å². The Bertz CT molecular complexity index is 1270. The number of fused-ring (bicyclic) bond motifs is 1. The normalized spacial score (nSPS) is 13.0. The number of nitrogens with one attached hydrogen (secondary N) is 1. The number of imidazole rings is 1. The van der Waals surface area contributed by atoms with E-state index in [1.165, 1.54) is 23.0 Å². The van der Waals surface area contributed by atoms with Gasteiger partial charge in [-0.25, -0.2) is 15.0 Å². The third kappa shape index (κ3) is 3.79. The van der Waals surface area contributed by atoms with Gasteiger partial charge in [0.1, 0.15) is 6.33 Å². The van der Waals surface area contributed by atoms with Crippen molar-refractivity contribution in [2.45, 2.75) is 5.16 Å². The summed E-state index contributed by atoms with van der Waals surface area (Å²) in [7, 11) is 0. The summed E-state index contributed by atoms with van der Waals surface area (Å²) in [6, 6.07) is 16.1. The quantitative estimate of drug-likeness (QED) is 0.334. The molecule has 2 aromatic carbocycles. The summed E-state index contributed by atoms with van der Waals surface area (Å²) in [5, 5.41) is 1.31. The largest absolute Gasteiger partial charge is 0.331 e. The topological polar surface area (TPSA) is 91.8 Å². The van der Waals surface area contributed by atoms with Crippen LogP contribution in [0.5, 0.6) is 0 Å². The van der Waals surface area contributed by atoms with Crippen LogP contribution in [-0.4, -0.2) is 48.9 Å². The lowest BCUT2D eigenvalue weighted by atomic mass is 10.1. The lowest BCUT2D eigenvalue weighted by molar-refractivity contribution is 0.0664. The number of aromatic amines is 1. The van der Waals surface area contributed by atoms with Crippen molar-refractivity contribution in [3.63, 3.8) is 0 Å². The SMILES string of the molecule is O=C1c2ccccc2C(=O)N1CCSc1nc(-c2ccc(Cl)cc2)c(-c2ccncn2)[nH]1. The van der Waals surface area contributed by atoms with Crippen LogP contribution in [0.15, 0.2) is 72.3 Å². The molecule has 1 aliphatic heterocycles. The summed E-state index contributed by atoms with van der Waals surface area (Å²) < 4.78 is 0. The highest BCUT2D eigenvalue weighted by atomic mass is 35.5. The third-order valence-electron chi connectivity index (χ3n) is 5.07. The van der Waals surface area contributed by atoms with E-state index in [4.69, 9.17) is 16.6 Å². The van der Waals surface area contributed by atoms with Gasteiger partial charge in [-0.05, 0) is 30.3 Å². The lowest BCUT2D eigenvalue weighted by Gasteiger charge is -2.12. The molecule has 0 saturated heterocycles. The van der Waals surface area contributed by atoms with E-state index in [-0.39, 0.29) is 18.4 Å². The number of hydrogen-bond donors (Lipinski definition) is 1. The second-order valence-electron chi connectivity index (χ2n) is 7.02. The molecule has 0 spiro atoms. The second-order valence-corrected chi connectivity index (χ2v) is 8.54. The van der Waals surface area contributed by atoms with E-state index in [0.29, 0.717) is 32.8 Å². The van der Waals surface area contributed by atoms with Crippen LogP contribution in [0.1, 0.15) is 20.7 Å². The molecule has 1 N–H and O–H groups in total. The molecule has 0 unspecified atom stereocenters. The monoisotopic (exact) mass is 461 g/mol. The molecule has 0 aliphatic carbocycles. The van der Waals surface area contributed by atoms with Crippen LogP contribution < -0.4 is 0 Å².